The molecule has 2 aromatic heterocycles. The Kier molecular flexibility index (Phi) is 12.2. The minimum absolute atomic E-state index is 0. The van der Waals surface area contributed by atoms with Gasteiger partial charge in [-0.3, -0.25) is 9.55 Å². The van der Waals surface area contributed by atoms with Gasteiger partial charge in [-0.1, -0.05) is 200 Å². The maximum atomic E-state index is 12.5. The fraction of sp³-hybridized carbons (Fsp3) is 0.200. The van der Waals surface area contributed by atoms with E-state index >= 15 is 0 Å². The van der Waals surface area contributed by atoms with Gasteiger partial charge in [0.15, 0.2) is 0 Å². The molecule has 0 unspecified atom stereocenters. The molecular weight excluding hydrogens is 974 g/mol. The second kappa shape index (κ2) is 17.6. The van der Waals surface area contributed by atoms with E-state index in [1.54, 1.807) is 0 Å². The summed E-state index contributed by atoms with van der Waals surface area (Å²) >= 11 is 0. The molecule has 2 heterocycles. The first-order chi connectivity index (χ1) is 30.5. The van der Waals surface area contributed by atoms with Crippen molar-refractivity contribution >= 4 is 11.0 Å². The molecule has 1 N–H and O–H groups in total. The standard InChI is InChI=1S/C60H56N3O.Pt/c1-58(2,3)47-37-49(56(64)51(38-47)60(7,8)9)57-62-55-48(26-19-27-54(55)63(57)53-29-28-42(35-50(53)59(4,5)6)39-20-13-10-14-21-39)45-32-44(41-24-17-12-18-25-41)33-46(34-45)52-36-43(30-31-61-52)40-22-15-11-16-23-40;/h10-33,35-38,64H,1-9H3;/q-1;. The average molecular weight is 1030 g/mol. The van der Waals surface area contributed by atoms with Gasteiger partial charge in [0.1, 0.15) is 11.6 Å². The molecule has 0 spiro atoms. The smallest absolute Gasteiger partial charge is 0.148 e. The first-order valence-electron chi connectivity index (χ1n) is 22.3. The second-order valence-corrected chi connectivity index (χ2v) is 20.1. The van der Waals surface area contributed by atoms with E-state index in [-0.39, 0.29) is 43.1 Å². The van der Waals surface area contributed by atoms with Gasteiger partial charge in [-0.2, -0.15) is 0 Å². The number of aromatic nitrogens is 3. The molecule has 0 saturated heterocycles. The molecule has 0 atom stereocenters. The number of phenolic OH excluding ortho intramolecular Hbond substituents is 1. The van der Waals surface area contributed by atoms with E-state index in [9.17, 15) is 5.11 Å². The Balaban J connectivity index is 0.00000576. The molecule has 9 aromatic rings. The van der Waals surface area contributed by atoms with Crippen LogP contribution in [0.15, 0.2) is 170 Å². The SMILES string of the molecule is CC(C)(C)c1cc(-c2nc3c(-c4[c-]c(-c5cc(-c6ccccc6)ccn5)cc(-c5ccccc5)c4)cccc3n2-c2ccc(-c3ccccc3)cc2C(C)(C)C)c(O)c(C(C)(C)C)c1.[Pt]. The van der Waals surface area contributed by atoms with Crippen molar-refractivity contribution in [3.8, 4) is 78.6 Å². The van der Waals surface area contributed by atoms with E-state index < -0.39 is 0 Å². The first-order valence-corrected chi connectivity index (χ1v) is 22.3. The van der Waals surface area contributed by atoms with E-state index in [2.05, 4.69) is 225 Å². The number of nitrogens with zero attached hydrogens (tertiary/aromatic N) is 3. The fourth-order valence-electron chi connectivity index (χ4n) is 8.73. The zero-order valence-electron chi connectivity index (χ0n) is 38.8. The quantitative estimate of drug-likeness (QED) is 0.162. The summed E-state index contributed by atoms with van der Waals surface area (Å²) in [5.41, 5.74) is 16.2. The van der Waals surface area contributed by atoms with E-state index in [1.807, 2.05) is 18.3 Å². The number of phenols is 1. The van der Waals surface area contributed by atoms with Crippen LogP contribution < -0.4 is 0 Å². The zero-order chi connectivity index (χ0) is 45.0. The predicted octanol–water partition coefficient (Wildman–Crippen LogP) is 15.8. The molecule has 0 bridgehead atoms. The van der Waals surface area contributed by atoms with Crippen LogP contribution in [0, 0.1) is 6.07 Å². The van der Waals surface area contributed by atoms with Gasteiger partial charge >= 0.3 is 0 Å². The summed E-state index contributed by atoms with van der Waals surface area (Å²) in [4.78, 5) is 10.6. The van der Waals surface area contributed by atoms with E-state index in [0.717, 1.165) is 83.6 Å². The van der Waals surface area contributed by atoms with Crippen molar-refractivity contribution in [3.63, 3.8) is 0 Å². The fourth-order valence-corrected chi connectivity index (χ4v) is 8.73. The Hall–Kier alpha value is -6.35. The largest absolute Gasteiger partial charge is 0.507 e. The maximum Gasteiger partial charge on any atom is 0.148 e. The summed E-state index contributed by atoms with van der Waals surface area (Å²) in [6, 6.07) is 61.5. The van der Waals surface area contributed by atoms with Gasteiger partial charge in [0, 0.05) is 38.5 Å². The van der Waals surface area contributed by atoms with E-state index in [1.165, 1.54) is 5.56 Å². The van der Waals surface area contributed by atoms with Crippen LogP contribution in [0.1, 0.15) is 79.0 Å². The number of pyridine rings is 1. The first kappa shape index (κ1) is 45.2. The van der Waals surface area contributed by atoms with Gasteiger partial charge in [-0.05, 0) is 85.5 Å². The van der Waals surface area contributed by atoms with Crippen molar-refractivity contribution in [2.45, 2.75) is 78.6 Å². The summed E-state index contributed by atoms with van der Waals surface area (Å²) in [6.07, 6.45) is 1.88. The van der Waals surface area contributed by atoms with Crippen LogP contribution in [0.3, 0.4) is 0 Å². The third-order valence-electron chi connectivity index (χ3n) is 12.3. The molecule has 0 aliphatic carbocycles. The van der Waals surface area contributed by atoms with Gasteiger partial charge in [-0.15, -0.1) is 23.8 Å². The molecule has 0 amide bonds. The van der Waals surface area contributed by atoms with Crippen molar-refractivity contribution in [3.05, 3.63) is 193 Å². The van der Waals surface area contributed by atoms with Crippen LogP contribution in [-0.2, 0) is 37.3 Å². The Morgan fingerprint density at radius 3 is 1.63 bits per heavy atom. The average Bonchev–Trinajstić information content (AvgIpc) is 3.68. The Morgan fingerprint density at radius 1 is 0.477 bits per heavy atom. The van der Waals surface area contributed by atoms with Crippen molar-refractivity contribution in [1.29, 1.82) is 0 Å². The molecule has 4 nitrogen and oxygen atoms in total. The van der Waals surface area contributed by atoms with Gasteiger partial charge in [-0.25, -0.2) is 4.98 Å². The van der Waals surface area contributed by atoms with Gasteiger partial charge in [0.25, 0.3) is 0 Å². The van der Waals surface area contributed by atoms with Gasteiger partial charge in [0.2, 0.25) is 0 Å². The van der Waals surface area contributed by atoms with Crippen molar-refractivity contribution in [2.75, 3.05) is 0 Å². The number of hydrogen-bond acceptors (Lipinski definition) is 3. The van der Waals surface area contributed by atoms with Crippen LogP contribution in [0.5, 0.6) is 5.75 Å². The third-order valence-corrected chi connectivity index (χ3v) is 12.3. The number of benzene rings is 7. The Morgan fingerprint density at radius 2 is 1.05 bits per heavy atom. The minimum Gasteiger partial charge on any atom is -0.507 e. The second-order valence-electron chi connectivity index (χ2n) is 20.1. The number of para-hydroxylation sites is 1. The minimum atomic E-state index is -0.328. The number of imidazole rings is 1. The topological polar surface area (TPSA) is 50.9 Å². The molecule has 9 rings (SSSR count). The molecular formula is C60H56N3OPt-. The summed E-state index contributed by atoms with van der Waals surface area (Å²) in [7, 11) is 0. The number of rotatable bonds is 7. The molecule has 7 aromatic carbocycles. The maximum absolute atomic E-state index is 12.5. The number of fused-ring (bicyclic) bond motifs is 1. The normalized spacial score (nSPS) is 12.0. The summed E-state index contributed by atoms with van der Waals surface area (Å²) < 4.78 is 2.29. The molecule has 0 saturated carbocycles. The molecule has 0 aliphatic heterocycles. The number of aromatic hydroxyl groups is 1. The van der Waals surface area contributed by atoms with Gasteiger partial charge < -0.3 is 5.11 Å². The van der Waals surface area contributed by atoms with Crippen LogP contribution in [-0.4, -0.2) is 19.6 Å². The molecule has 0 aliphatic rings. The van der Waals surface area contributed by atoms with E-state index in [4.69, 9.17) is 9.97 Å². The number of hydrogen-bond donors (Lipinski definition) is 1. The molecule has 0 radical (unpaired) electrons. The van der Waals surface area contributed by atoms with Crippen molar-refractivity contribution in [1.82, 2.24) is 14.5 Å². The van der Waals surface area contributed by atoms with Gasteiger partial charge in [0.05, 0.1) is 22.3 Å². The summed E-state index contributed by atoms with van der Waals surface area (Å²) in [5, 5.41) is 12.5. The predicted molar refractivity (Wildman–Crippen MR) is 268 cm³/mol. The van der Waals surface area contributed by atoms with Crippen LogP contribution in [0.2, 0.25) is 0 Å². The van der Waals surface area contributed by atoms with Crippen molar-refractivity contribution < 1.29 is 26.2 Å². The monoisotopic (exact) mass is 1030 g/mol. The van der Waals surface area contributed by atoms with Crippen LogP contribution in [0.25, 0.3) is 83.9 Å². The molecule has 328 valence electrons. The molecule has 0 fully saturated rings. The summed E-state index contributed by atoms with van der Waals surface area (Å²) in [6.45, 7) is 20.0. The Bertz CT molecular complexity index is 3150. The third kappa shape index (κ3) is 9.02. The molecule has 5 heteroatoms. The zero-order valence-corrected chi connectivity index (χ0v) is 41.0. The Labute approximate surface area is 399 Å². The van der Waals surface area contributed by atoms with E-state index in [0.29, 0.717) is 11.4 Å². The summed E-state index contributed by atoms with van der Waals surface area (Å²) in [5.74, 6) is 0.937. The van der Waals surface area contributed by atoms with Crippen molar-refractivity contribution in [2.24, 2.45) is 0 Å². The van der Waals surface area contributed by atoms with Crippen LogP contribution >= 0.6 is 0 Å². The van der Waals surface area contributed by atoms with Crippen LogP contribution in [0.4, 0.5) is 0 Å². The molecule has 65 heavy (non-hydrogen) atoms.